The monoisotopic (exact) mass is 765 g/mol. The van der Waals surface area contributed by atoms with Crippen LogP contribution >= 0.6 is 45.3 Å². The molecule has 0 aliphatic heterocycles. The third-order valence-corrected chi connectivity index (χ3v) is 13.0. The molecule has 0 saturated heterocycles. The summed E-state index contributed by atoms with van der Waals surface area (Å²) in [5.41, 5.74) is 8.07. The van der Waals surface area contributed by atoms with Crippen LogP contribution in [0.5, 0.6) is 0 Å². The van der Waals surface area contributed by atoms with E-state index in [0.717, 1.165) is 38.8 Å². The van der Waals surface area contributed by atoms with Gasteiger partial charge in [0, 0.05) is 51.2 Å². The average molecular weight is 766 g/mol. The third kappa shape index (κ3) is 8.11. The molecule has 7 heteroatoms. The Morgan fingerprint density at radius 3 is 1.48 bits per heavy atom. The fraction of sp³-hybridized carbons (Fsp3) is 0.0213. The van der Waals surface area contributed by atoms with Crippen LogP contribution in [0.2, 0.25) is 0 Å². The van der Waals surface area contributed by atoms with Crippen LogP contribution in [-0.2, 0) is 0 Å². The number of hydrogen-bond donors (Lipinski definition) is 0. The molecule has 0 spiro atoms. The topological polar surface area (TPSA) is 50.8 Å². The summed E-state index contributed by atoms with van der Waals surface area (Å²) < 4.78 is 0. The minimum Gasteiger partial charge on any atom is -0.311 e. The lowest BCUT2D eigenvalue weighted by atomic mass is 10.1. The second-order valence-corrected chi connectivity index (χ2v) is 16.7. The predicted octanol–water partition coefficient (Wildman–Crippen LogP) is 14.9. The van der Waals surface area contributed by atoms with E-state index in [0.29, 0.717) is 0 Å². The molecule has 4 heterocycles. The molecule has 0 radical (unpaired) electrons. The fourth-order valence-corrected chi connectivity index (χ4v) is 9.52. The summed E-state index contributed by atoms with van der Waals surface area (Å²) in [6.45, 7) is 0. The fourth-order valence-electron chi connectivity index (χ4n) is 6.11. The molecule has 0 amide bonds. The summed E-state index contributed by atoms with van der Waals surface area (Å²) >= 11 is 6.90. The van der Waals surface area contributed by atoms with Crippen LogP contribution in [0.25, 0.3) is 55.6 Å². The highest BCUT2D eigenvalue weighted by molar-refractivity contribution is 7.17. The Hall–Kier alpha value is -6.06. The van der Waals surface area contributed by atoms with Gasteiger partial charge in [0.25, 0.3) is 0 Å². The van der Waals surface area contributed by atoms with Crippen LogP contribution in [-0.4, -0.2) is 0 Å². The lowest BCUT2D eigenvalue weighted by Gasteiger charge is -2.26. The summed E-state index contributed by atoms with van der Waals surface area (Å²) in [6, 6.07) is 47.1. The number of anilines is 3. The molecular formula is C47H31N3S4. The number of thiophene rings is 4. The second-order valence-electron chi connectivity index (χ2n) is 12.4. The molecule has 0 saturated carbocycles. The van der Waals surface area contributed by atoms with E-state index < -0.39 is 0 Å². The van der Waals surface area contributed by atoms with Crippen molar-refractivity contribution in [2.24, 2.45) is 0 Å². The third-order valence-electron chi connectivity index (χ3n) is 8.85. The van der Waals surface area contributed by atoms with Crippen LogP contribution in [0.3, 0.4) is 0 Å². The largest absolute Gasteiger partial charge is 0.311 e. The molecule has 258 valence electrons. The van der Waals surface area contributed by atoms with Crippen molar-refractivity contribution < 1.29 is 0 Å². The van der Waals surface area contributed by atoms with Crippen molar-refractivity contribution in [2.75, 3.05) is 4.90 Å². The molecule has 7 aromatic rings. The highest BCUT2D eigenvalue weighted by Crippen LogP contribution is 2.40. The number of rotatable bonds is 11. The molecule has 4 aromatic heterocycles. The first-order valence-electron chi connectivity index (χ1n) is 17.3. The Morgan fingerprint density at radius 1 is 0.537 bits per heavy atom. The molecule has 0 bridgehead atoms. The Bertz CT molecular complexity index is 2610. The zero-order valence-corrected chi connectivity index (χ0v) is 32.2. The van der Waals surface area contributed by atoms with Gasteiger partial charge in [-0.05, 0) is 137 Å². The van der Waals surface area contributed by atoms with Crippen LogP contribution in [0.4, 0.5) is 17.1 Å². The van der Waals surface area contributed by atoms with E-state index in [2.05, 4.69) is 162 Å². The summed E-state index contributed by atoms with van der Waals surface area (Å²) in [7, 11) is 0. The van der Waals surface area contributed by atoms with Gasteiger partial charge in [-0.2, -0.15) is 10.5 Å². The van der Waals surface area contributed by atoms with Crippen molar-refractivity contribution in [3.05, 3.63) is 182 Å². The highest BCUT2D eigenvalue weighted by atomic mass is 32.1. The second kappa shape index (κ2) is 16.3. The van der Waals surface area contributed by atoms with Crippen LogP contribution in [0, 0.1) is 22.7 Å². The Kier molecular flexibility index (Phi) is 10.6. The first-order chi connectivity index (χ1) is 26.6. The van der Waals surface area contributed by atoms with Crippen LogP contribution in [0.1, 0.15) is 25.9 Å². The normalized spacial score (nSPS) is 12.2. The molecule has 1 aliphatic carbocycles. The maximum atomic E-state index is 9.19. The molecule has 0 N–H and O–H groups in total. The molecule has 0 unspecified atom stereocenters. The zero-order chi connectivity index (χ0) is 36.7. The summed E-state index contributed by atoms with van der Waals surface area (Å²) in [5, 5.41) is 20.5. The number of nitriles is 2. The minimum absolute atomic E-state index is 0.100. The van der Waals surface area contributed by atoms with E-state index in [4.69, 9.17) is 0 Å². The summed E-state index contributed by atoms with van der Waals surface area (Å²) in [5.74, 6) is 0. The van der Waals surface area contributed by atoms with Crippen molar-refractivity contribution in [1.82, 2.24) is 0 Å². The summed E-state index contributed by atoms with van der Waals surface area (Å²) in [4.78, 5) is 10.4. The lowest BCUT2D eigenvalue weighted by Crippen LogP contribution is -2.09. The quantitative estimate of drug-likeness (QED) is 0.123. The number of nitrogens with zero attached hydrogens (tertiary/aromatic N) is 3. The van der Waals surface area contributed by atoms with Gasteiger partial charge in [-0.1, -0.05) is 66.8 Å². The molecule has 0 atom stereocenters. The maximum Gasteiger partial charge on any atom is 0.131 e. The van der Waals surface area contributed by atoms with E-state index >= 15 is 0 Å². The molecule has 3 aromatic carbocycles. The molecule has 3 nitrogen and oxygen atoms in total. The van der Waals surface area contributed by atoms with E-state index in [1.807, 2.05) is 24.3 Å². The van der Waals surface area contributed by atoms with Gasteiger partial charge < -0.3 is 4.90 Å². The van der Waals surface area contributed by atoms with Crippen molar-refractivity contribution >= 4 is 86.7 Å². The lowest BCUT2D eigenvalue weighted by molar-refractivity contribution is 1.28. The standard InChI is InChI=1S/C47H31N3S4/c48-31-34(32-49)30-44-25-28-47(54-44)37-12-18-40(19-13-37)50(38-14-8-35(9-15-38)45-26-23-42(52-45)20-7-33-4-1-2-5-33)39-16-10-36(11-17-39)46-27-24-43(53-46)22-21-41-6-3-29-51-41/h1-4,6-30H,5H2/b20-7+,22-21+. The number of allylic oxidation sites excluding steroid dienone is 6. The van der Waals surface area contributed by atoms with E-state index in [1.165, 1.54) is 41.1 Å². The van der Waals surface area contributed by atoms with Gasteiger partial charge in [-0.15, -0.1) is 45.3 Å². The van der Waals surface area contributed by atoms with E-state index in [1.54, 1.807) is 51.4 Å². The Balaban J connectivity index is 1.08. The number of benzene rings is 3. The van der Waals surface area contributed by atoms with Gasteiger partial charge >= 0.3 is 0 Å². The molecule has 8 rings (SSSR count). The van der Waals surface area contributed by atoms with Gasteiger partial charge in [0.2, 0.25) is 0 Å². The zero-order valence-electron chi connectivity index (χ0n) is 28.9. The first kappa shape index (κ1) is 35.0. The molecule has 1 aliphatic rings. The first-order valence-corrected chi connectivity index (χ1v) is 20.6. The van der Waals surface area contributed by atoms with Gasteiger partial charge in [-0.3, -0.25) is 0 Å². The smallest absolute Gasteiger partial charge is 0.131 e. The molecular weight excluding hydrogens is 735 g/mol. The predicted molar refractivity (Wildman–Crippen MR) is 234 cm³/mol. The van der Waals surface area contributed by atoms with Gasteiger partial charge in [0.1, 0.15) is 17.7 Å². The van der Waals surface area contributed by atoms with Crippen molar-refractivity contribution in [2.45, 2.75) is 6.42 Å². The van der Waals surface area contributed by atoms with Crippen molar-refractivity contribution in [3.8, 4) is 43.5 Å². The minimum atomic E-state index is 0.100. The van der Waals surface area contributed by atoms with Crippen molar-refractivity contribution in [1.29, 1.82) is 10.5 Å². The molecule has 0 fully saturated rings. The van der Waals surface area contributed by atoms with Crippen LogP contribution < -0.4 is 4.90 Å². The van der Waals surface area contributed by atoms with Crippen molar-refractivity contribution in [3.63, 3.8) is 0 Å². The van der Waals surface area contributed by atoms with Gasteiger partial charge in [0.15, 0.2) is 0 Å². The maximum absolute atomic E-state index is 9.19. The van der Waals surface area contributed by atoms with E-state index in [-0.39, 0.29) is 5.57 Å². The Labute approximate surface area is 331 Å². The summed E-state index contributed by atoms with van der Waals surface area (Å²) in [6.07, 6.45) is 17.9. The van der Waals surface area contributed by atoms with Crippen LogP contribution in [0.15, 0.2) is 162 Å². The average Bonchev–Trinajstić information content (AvgIpc) is 4.08. The number of hydrogen-bond acceptors (Lipinski definition) is 7. The SMILES string of the molecule is N#CC(C#N)=Cc1ccc(-c2ccc(N(c3ccc(-c4ccc(/C=C/C5=CC=CC5)s4)cc3)c3ccc(-c4ccc(/C=C/c5cccs5)s4)cc3)cc2)s1. The highest BCUT2D eigenvalue weighted by Gasteiger charge is 2.15. The Morgan fingerprint density at radius 2 is 1.02 bits per heavy atom. The van der Waals surface area contributed by atoms with E-state index in [9.17, 15) is 10.5 Å². The molecule has 54 heavy (non-hydrogen) atoms. The van der Waals surface area contributed by atoms with Gasteiger partial charge in [-0.25, -0.2) is 0 Å². The van der Waals surface area contributed by atoms with Gasteiger partial charge in [0.05, 0.1) is 0 Å².